The van der Waals surface area contributed by atoms with Crippen molar-refractivity contribution in [3.05, 3.63) is 27.3 Å². The van der Waals surface area contributed by atoms with Gasteiger partial charge in [-0.2, -0.15) is 8.78 Å². The molecule has 0 aliphatic carbocycles. The summed E-state index contributed by atoms with van der Waals surface area (Å²) < 4.78 is 28.9. The minimum atomic E-state index is -2.89. The highest BCUT2D eigenvalue weighted by atomic mass is 127. The summed E-state index contributed by atoms with van der Waals surface area (Å²) in [5, 5.41) is 0. The Labute approximate surface area is 110 Å². The van der Waals surface area contributed by atoms with Crippen molar-refractivity contribution in [1.29, 1.82) is 0 Å². The molecule has 88 valence electrons. The molecule has 0 saturated carbocycles. The van der Waals surface area contributed by atoms with Gasteiger partial charge in [0.25, 0.3) is 0 Å². The Bertz CT molecular complexity index is 385. The molecule has 1 aromatic carbocycles. The van der Waals surface area contributed by atoms with Crippen LogP contribution < -0.4 is 4.74 Å². The van der Waals surface area contributed by atoms with E-state index in [0.29, 0.717) is 9.13 Å². The smallest absolute Gasteiger partial charge is 0.387 e. The number of halogens is 4. The molecule has 16 heavy (non-hydrogen) atoms. The van der Waals surface area contributed by atoms with Crippen LogP contribution in [0.1, 0.15) is 16.8 Å². The predicted octanol–water partition coefficient (Wildman–Crippen LogP) is 3.70. The first-order chi connectivity index (χ1) is 7.52. The van der Waals surface area contributed by atoms with Crippen LogP contribution in [0.25, 0.3) is 0 Å². The Morgan fingerprint density at radius 2 is 2.12 bits per heavy atom. The molecule has 0 bridgehead atoms. The lowest BCUT2D eigenvalue weighted by atomic mass is 10.1. The Morgan fingerprint density at radius 3 is 2.69 bits per heavy atom. The van der Waals surface area contributed by atoms with Gasteiger partial charge in [-0.3, -0.25) is 4.79 Å². The van der Waals surface area contributed by atoms with Gasteiger partial charge >= 0.3 is 6.61 Å². The summed E-state index contributed by atoms with van der Waals surface area (Å²) in [4.78, 5) is 11.5. The third-order valence-electron chi connectivity index (χ3n) is 1.74. The quantitative estimate of drug-likeness (QED) is 0.455. The van der Waals surface area contributed by atoms with E-state index < -0.39 is 6.61 Å². The van der Waals surface area contributed by atoms with Gasteiger partial charge in [-0.25, -0.2) is 0 Å². The van der Waals surface area contributed by atoms with Crippen LogP contribution in [-0.2, 0) is 0 Å². The summed E-state index contributed by atoms with van der Waals surface area (Å²) in [7, 11) is 0. The van der Waals surface area contributed by atoms with E-state index in [0.717, 1.165) is 0 Å². The molecule has 0 spiro atoms. The second kappa shape index (κ2) is 6.34. The first-order valence-corrected chi connectivity index (χ1v) is 5.99. The number of hydrogen-bond donors (Lipinski definition) is 0. The summed E-state index contributed by atoms with van der Waals surface area (Å²) in [6.07, 6.45) is 0.176. The maximum atomic E-state index is 12.0. The van der Waals surface area contributed by atoms with Crippen LogP contribution in [0.5, 0.6) is 5.75 Å². The number of ether oxygens (including phenoxy) is 1. The molecule has 2 nitrogen and oxygen atoms in total. The number of alkyl halides is 3. The minimum Gasteiger partial charge on any atom is -0.435 e. The van der Waals surface area contributed by atoms with Gasteiger partial charge < -0.3 is 4.74 Å². The molecule has 0 unspecified atom stereocenters. The second-order valence-electron chi connectivity index (χ2n) is 2.92. The molecule has 0 aliphatic rings. The highest BCUT2D eigenvalue weighted by Crippen LogP contribution is 2.21. The van der Waals surface area contributed by atoms with E-state index in [2.05, 4.69) is 4.74 Å². The van der Waals surface area contributed by atoms with Crippen molar-refractivity contribution >= 4 is 40.0 Å². The standard InChI is InChI=1S/C10H8ClF2IO2/c11-2-1-9(15)6-3-7(14)5-8(4-6)16-10(12)13/h3-5,10H,1-2H2. The molecular weight excluding hydrogens is 352 g/mol. The van der Waals surface area contributed by atoms with E-state index in [1.807, 2.05) is 22.6 Å². The van der Waals surface area contributed by atoms with Gasteiger partial charge in [0.05, 0.1) is 0 Å². The molecule has 0 atom stereocenters. The van der Waals surface area contributed by atoms with Gasteiger partial charge in [-0.15, -0.1) is 11.6 Å². The first kappa shape index (κ1) is 13.6. The van der Waals surface area contributed by atoms with E-state index in [9.17, 15) is 13.6 Å². The summed E-state index contributed by atoms with van der Waals surface area (Å²) in [5.74, 6) is 0.00228. The average molecular weight is 361 g/mol. The zero-order valence-corrected chi connectivity index (χ0v) is 11.0. The van der Waals surface area contributed by atoms with Gasteiger partial charge in [0.1, 0.15) is 5.75 Å². The lowest BCUT2D eigenvalue weighted by Crippen LogP contribution is -2.05. The maximum Gasteiger partial charge on any atom is 0.387 e. The Kier molecular flexibility index (Phi) is 5.40. The first-order valence-electron chi connectivity index (χ1n) is 4.37. The van der Waals surface area contributed by atoms with Gasteiger partial charge in [0.2, 0.25) is 0 Å². The van der Waals surface area contributed by atoms with Crippen molar-refractivity contribution in [1.82, 2.24) is 0 Å². The molecular formula is C10H8ClF2IO2. The highest BCUT2D eigenvalue weighted by Gasteiger charge is 2.10. The fourth-order valence-corrected chi connectivity index (χ4v) is 1.94. The van der Waals surface area contributed by atoms with Gasteiger partial charge in [0.15, 0.2) is 5.78 Å². The number of benzene rings is 1. The number of rotatable bonds is 5. The second-order valence-corrected chi connectivity index (χ2v) is 4.54. The molecule has 0 radical (unpaired) electrons. The zero-order chi connectivity index (χ0) is 12.1. The number of carbonyl (C=O) groups is 1. The predicted molar refractivity (Wildman–Crippen MR) is 65.5 cm³/mol. The molecule has 0 aliphatic heterocycles. The van der Waals surface area contributed by atoms with E-state index in [1.165, 1.54) is 12.1 Å². The summed E-state index contributed by atoms with van der Waals surface area (Å²) in [5.41, 5.74) is 0.336. The Balaban J connectivity index is 2.93. The third kappa shape index (κ3) is 4.21. The lowest BCUT2D eigenvalue weighted by Gasteiger charge is -2.07. The van der Waals surface area contributed by atoms with E-state index in [4.69, 9.17) is 11.6 Å². The van der Waals surface area contributed by atoms with Gasteiger partial charge in [-0.05, 0) is 40.8 Å². The van der Waals surface area contributed by atoms with Crippen molar-refractivity contribution in [2.75, 3.05) is 5.88 Å². The SMILES string of the molecule is O=C(CCCl)c1cc(I)cc(OC(F)F)c1. The minimum absolute atomic E-state index is 0.0141. The van der Waals surface area contributed by atoms with Crippen molar-refractivity contribution in [3.8, 4) is 5.75 Å². The Morgan fingerprint density at radius 1 is 1.44 bits per heavy atom. The molecule has 0 fully saturated rings. The highest BCUT2D eigenvalue weighted by molar-refractivity contribution is 14.1. The van der Waals surface area contributed by atoms with Crippen LogP contribution in [0.15, 0.2) is 18.2 Å². The normalized spacial score (nSPS) is 10.6. The number of carbonyl (C=O) groups excluding carboxylic acids is 1. The van der Waals surface area contributed by atoms with Crippen LogP contribution in [0.2, 0.25) is 0 Å². The van der Waals surface area contributed by atoms with Crippen molar-refractivity contribution < 1.29 is 18.3 Å². The lowest BCUT2D eigenvalue weighted by molar-refractivity contribution is -0.0499. The monoisotopic (exact) mass is 360 g/mol. The molecule has 0 aromatic heterocycles. The molecule has 0 amide bonds. The van der Waals surface area contributed by atoms with Crippen LogP contribution in [0, 0.1) is 3.57 Å². The molecule has 0 N–H and O–H groups in total. The third-order valence-corrected chi connectivity index (χ3v) is 2.55. The molecule has 0 saturated heterocycles. The van der Waals surface area contributed by atoms with Crippen LogP contribution in [0.3, 0.4) is 0 Å². The fraction of sp³-hybridized carbons (Fsp3) is 0.300. The zero-order valence-electron chi connectivity index (χ0n) is 8.05. The van der Waals surface area contributed by atoms with Crippen molar-refractivity contribution in [3.63, 3.8) is 0 Å². The topological polar surface area (TPSA) is 26.3 Å². The van der Waals surface area contributed by atoms with E-state index in [-0.39, 0.29) is 23.8 Å². The average Bonchev–Trinajstić information content (AvgIpc) is 2.15. The van der Waals surface area contributed by atoms with Crippen LogP contribution in [0.4, 0.5) is 8.78 Å². The number of hydrogen-bond acceptors (Lipinski definition) is 2. The number of ketones is 1. The number of Topliss-reactive ketones (excluding diaryl/α,β-unsaturated/α-hetero) is 1. The summed E-state index contributed by atoms with van der Waals surface area (Å²) in [6, 6.07) is 4.33. The molecule has 0 heterocycles. The molecule has 1 aromatic rings. The fourth-order valence-electron chi connectivity index (χ4n) is 1.12. The van der Waals surface area contributed by atoms with Crippen LogP contribution >= 0.6 is 34.2 Å². The molecule has 6 heteroatoms. The van der Waals surface area contributed by atoms with E-state index in [1.54, 1.807) is 6.07 Å². The molecule has 1 rings (SSSR count). The Hall–Kier alpha value is -0.430. The van der Waals surface area contributed by atoms with E-state index >= 15 is 0 Å². The van der Waals surface area contributed by atoms with Crippen LogP contribution in [-0.4, -0.2) is 18.3 Å². The largest absolute Gasteiger partial charge is 0.435 e. The van der Waals surface area contributed by atoms with Crippen molar-refractivity contribution in [2.45, 2.75) is 13.0 Å². The van der Waals surface area contributed by atoms with Gasteiger partial charge in [0, 0.05) is 21.4 Å². The summed E-state index contributed by atoms with van der Waals surface area (Å²) >= 11 is 7.37. The summed E-state index contributed by atoms with van der Waals surface area (Å²) in [6.45, 7) is -2.89. The maximum absolute atomic E-state index is 12.0. The van der Waals surface area contributed by atoms with Crippen molar-refractivity contribution in [2.24, 2.45) is 0 Å². The van der Waals surface area contributed by atoms with Gasteiger partial charge in [-0.1, -0.05) is 0 Å².